The molecule has 0 saturated heterocycles. The number of amides is 1. The van der Waals surface area contributed by atoms with Crippen LogP contribution in [-0.4, -0.2) is 46.9 Å². The highest BCUT2D eigenvalue weighted by molar-refractivity contribution is 5.77. The zero-order chi connectivity index (χ0) is 48.1. The fourth-order valence-electron chi connectivity index (χ4n) is 7.39. The first-order chi connectivity index (χ1) is 32.5. The van der Waals surface area contributed by atoms with E-state index in [2.05, 4.69) is 86.8 Å². The summed E-state index contributed by atoms with van der Waals surface area (Å²) in [5.41, 5.74) is 0. The van der Waals surface area contributed by atoms with Gasteiger partial charge in [-0.15, -0.1) is 0 Å². The van der Waals surface area contributed by atoms with Crippen molar-refractivity contribution in [2.75, 3.05) is 6.61 Å². The number of unbranched alkanes of at least 4 members (excludes halogenated alkanes) is 19. The number of carbonyl (C=O) groups is 2. The van der Waals surface area contributed by atoms with Crippen LogP contribution in [0.25, 0.3) is 0 Å². The fraction of sp³-hybridized carbons (Fsp3) is 0.633. The second-order valence-corrected chi connectivity index (χ2v) is 17.7. The molecule has 0 aliphatic rings. The number of carbonyl (C=O) groups excluding carboxylic acids is 2. The van der Waals surface area contributed by atoms with Gasteiger partial charge in [-0.25, -0.2) is 0 Å². The standard InChI is InChI=1S/C60H99NO5/c1-4-7-10-13-16-19-22-25-27-28-29-30-32-35-38-41-44-47-50-53-60(65)66-56(51-48-45-42-39-36-34-31-26-23-20-17-14-11-8-5-2)54-59(64)61-57(55-62)58(63)52-49-46-43-40-37-33-24-21-18-15-12-9-6-3/h8,11,14,16-17,19-20,23,25-27,29-31,34-36,38-39,42,56-58,62-63H,4-7,9-10,12-13,15,18,21-22,24,28,32-33,37,40-41,43-55H2,1-3H3,(H,61,64)/b11-8-,17-14+,19-16-,23-20+,27-25-,30-29-,31-26-,36-34+,38-35-,42-39+. The molecule has 1 amide bonds. The van der Waals surface area contributed by atoms with Gasteiger partial charge < -0.3 is 20.3 Å². The van der Waals surface area contributed by atoms with Crippen molar-refractivity contribution in [1.29, 1.82) is 0 Å². The van der Waals surface area contributed by atoms with Crippen LogP contribution < -0.4 is 5.32 Å². The maximum atomic E-state index is 13.2. The maximum Gasteiger partial charge on any atom is 0.306 e. The summed E-state index contributed by atoms with van der Waals surface area (Å²) in [6.45, 7) is 6.27. The highest BCUT2D eigenvalue weighted by Gasteiger charge is 2.24. The predicted molar refractivity (Wildman–Crippen MR) is 286 cm³/mol. The monoisotopic (exact) mass is 914 g/mol. The van der Waals surface area contributed by atoms with Crippen molar-refractivity contribution in [3.05, 3.63) is 122 Å². The fourth-order valence-corrected chi connectivity index (χ4v) is 7.39. The third-order valence-corrected chi connectivity index (χ3v) is 11.4. The average Bonchev–Trinajstić information content (AvgIpc) is 3.31. The van der Waals surface area contributed by atoms with E-state index in [-0.39, 0.29) is 24.9 Å². The first-order valence-electron chi connectivity index (χ1n) is 26.8. The van der Waals surface area contributed by atoms with E-state index in [1.165, 1.54) is 89.9 Å². The van der Waals surface area contributed by atoms with Gasteiger partial charge in [-0.2, -0.15) is 0 Å². The molecule has 0 bridgehead atoms. The summed E-state index contributed by atoms with van der Waals surface area (Å²) < 4.78 is 5.89. The molecule has 3 atom stereocenters. The Hall–Kier alpha value is -3.74. The van der Waals surface area contributed by atoms with Crippen LogP contribution in [0.1, 0.15) is 220 Å². The molecule has 0 rings (SSSR count). The molecule has 0 saturated carbocycles. The molecule has 0 heterocycles. The number of hydrogen-bond donors (Lipinski definition) is 3. The molecule has 0 aromatic carbocycles. The summed E-state index contributed by atoms with van der Waals surface area (Å²) >= 11 is 0. The zero-order valence-corrected chi connectivity index (χ0v) is 42.5. The van der Waals surface area contributed by atoms with Gasteiger partial charge in [0.25, 0.3) is 0 Å². The molecular formula is C60H99NO5. The van der Waals surface area contributed by atoms with E-state index in [9.17, 15) is 19.8 Å². The predicted octanol–water partition coefficient (Wildman–Crippen LogP) is 16.5. The first kappa shape index (κ1) is 62.3. The average molecular weight is 914 g/mol. The number of rotatable bonds is 46. The van der Waals surface area contributed by atoms with E-state index in [1.807, 2.05) is 60.8 Å². The number of allylic oxidation sites excluding steroid dienone is 20. The smallest absolute Gasteiger partial charge is 0.306 e. The van der Waals surface area contributed by atoms with E-state index in [0.717, 1.165) is 83.5 Å². The van der Waals surface area contributed by atoms with Crippen LogP contribution in [0.2, 0.25) is 0 Å². The molecule has 0 fully saturated rings. The Bertz CT molecular complexity index is 1390. The van der Waals surface area contributed by atoms with Crippen molar-refractivity contribution in [1.82, 2.24) is 5.32 Å². The van der Waals surface area contributed by atoms with Gasteiger partial charge in [0.1, 0.15) is 6.10 Å². The van der Waals surface area contributed by atoms with Crippen molar-refractivity contribution >= 4 is 11.9 Å². The zero-order valence-electron chi connectivity index (χ0n) is 42.5. The molecule has 6 nitrogen and oxygen atoms in total. The van der Waals surface area contributed by atoms with Crippen LogP contribution in [0.4, 0.5) is 0 Å². The van der Waals surface area contributed by atoms with Gasteiger partial charge in [-0.05, 0) is 83.5 Å². The van der Waals surface area contributed by atoms with Crippen LogP contribution in [0.15, 0.2) is 122 Å². The van der Waals surface area contributed by atoms with Crippen molar-refractivity contribution in [2.24, 2.45) is 0 Å². The minimum atomic E-state index is -0.822. The van der Waals surface area contributed by atoms with E-state index in [0.29, 0.717) is 19.3 Å². The molecule has 3 N–H and O–H groups in total. The van der Waals surface area contributed by atoms with E-state index < -0.39 is 18.2 Å². The third-order valence-electron chi connectivity index (χ3n) is 11.4. The second-order valence-electron chi connectivity index (χ2n) is 17.7. The molecule has 0 spiro atoms. The van der Waals surface area contributed by atoms with Gasteiger partial charge in [0.15, 0.2) is 0 Å². The van der Waals surface area contributed by atoms with Gasteiger partial charge in [0.2, 0.25) is 5.91 Å². The summed E-state index contributed by atoms with van der Waals surface area (Å²) in [4.78, 5) is 26.2. The molecule has 0 radical (unpaired) electrons. The van der Waals surface area contributed by atoms with E-state index >= 15 is 0 Å². The lowest BCUT2D eigenvalue weighted by Gasteiger charge is -2.24. The highest BCUT2D eigenvalue weighted by atomic mass is 16.5. The normalized spacial score (nSPS) is 14.2. The van der Waals surface area contributed by atoms with Gasteiger partial charge >= 0.3 is 5.97 Å². The maximum absolute atomic E-state index is 13.2. The van der Waals surface area contributed by atoms with E-state index in [1.54, 1.807) is 0 Å². The number of hydrogen-bond acceptors (Lipinski definition) is 5. The Labute approximate surface area is 406 Å². The van der Waals surface area contributed by atoms with Crippen molar-refractivity contribution in [2.45, 2.75) is 238 Å². The third kappa shape index (κ3) is 46.8. The molecule has 66 heavy (non-hydrogen) atoms. The highest BCUT2D eigenvalue weighted by Crippen LogP contribution is 2.16. The quantitative estimate of drug-likeness (QED) is 0.0245. The molecule has 6 heteroatoms. The minimum Gasteiger partial charge on any atom is -0.462 e. The number of aliphatic hydroxyl groups excluding tert-OH is 2. The van der Waals surface area contributed by atoms with Crippen molar-refractivity contribution in [3.8, 4) is 0 Å². The molecule has 3 unspecified atom stereocenters. The van der Waals surface area contributed by atoms with E-state index in [4.69, 9.17) is 4.74 Å². The van der Waals surface area contributed by atoms with Gasteiger partial charge in [0, 0.05) is 6.42 Å². The topological polar surface area (TPSA) is 95.9 Å². The summed E-state index contributed by atoms with van der Waals surface area (Å²) in [6, 6.07) is -0.741. The largest absolute Gasteiger partial charge is 0.462 e. The van der Waals surface area contributed by atoms with Crippen LogP contribution in [0.3, 0.4) is 0 Å². The Morgan fingerprint density at radius 3 is 1.41 bits per heavy atom. The van der Waals surface area contributed by atoms with Gasteiger partial charge in [0.05, 0.1) is 25.2 Å². The molecule has 0 aliphatic heterocycles. The van der Waals surface area contributed by atoms with Crippen molar-refractivity contribution < 1.29 is 24.5 Å². The van der Waals surface area contributed by atoms with Gasteiger partial charge in [-0.1, -0.05) is 245 Å². The van der Waals surface area contributed by atoms with Crippen LogP contribution >= 0.6 is 0 Å². The Kier molecular flexibility index (Phi) is 49.3. The molecule has 374 valence electrons. The SMILES string of the molecule is CC\C=C/C=C/C=C/C=C\C=C\C=C\CCCC(CC(=O)NC(CO)C(O)CCCCCCCCCCCCCCC)OC(=O)CCCCC/C=C\C/C=C\C/C=C\C/C=C\CCCCC. The molecular weight excluding hydrogens is 815 g/mol. The van der Waals surface area contributed by atoms with Crippen molar-refractivity contribution in [3.63, 3.8) is 0 Å². The first-order valence-corrected chi connectivity index (χ1v) is 26.8. The number of esters is 1. The minimum absolute atomic E-state index is 0.00573. The Balaban J connectivity index is 4.79. The molecule has 0 aliphatic carbocycles. The Morgan fingerprint density at radius 1 is 0.470 bits per heavy atom. The van der Waals surface area contributed by atoms with Crippen LogP contribution in [-0.2, 0) is 14.3 Å². The summed E-state index contributed by atoms with van der Waals surface area (Å²) in [5.74, 6) is -0.596. The van der Waals surface area contributed by atoms with Crippen LogP contribution in [0.5, 0.6) is 0 Å². The lowest BCUT2D eigenvalue weighted by molar-refractivity contribution is -0.151. The van der Waals surface area contributed by atoms with Crippen LogP contribution in [0, 0.1) is 0 Å². The second kappa shape index (κ2) is 52.2. The number of ether oxygens (including phenoxy) is 1. The summed E-state index contributed by atoms with van der Waals surface area (Å²) in [5, 5.41) is 23.8. The Morgan fingerprint density at radius 2 is 0.894 bits per heavy atom. The number of aliphatic hydroxyl groups is 2. The van der Waals surface area contributed by atoms with Gasteiger partial charge in [-0.3, -0.25) is 9.59 Å². The lowest BCUT2D eigenvalue weighted by atomic mass is 10.0. The number of nitrogens with one attached hydrogen (secondary N) is 1. The summed E-state index contributed by atoms with van der Waals surface area (Å²) in [7, 11) is 0. The lowest BCUT2D eigenvalue weighted by Crippen LogP contribution is -2.46. The molecule has 0 aromatic rings. The summed E-state index contributed by atoms with van der Waals surface area (Å²) in [6.07, 6.45) is 72.6. The molecule has 0 aromatic heterocycles.